The molecule has 0 aromatic rings. The van der Waals surface area contributed by atoms with E-state index in [1.54, 1.807) is 0 Å². The van der Waals surface area contributed by atoms with Gasteiger partial charge >= 0.3 is 0 Å². The van der Waals surface area contributed by atoms with Crippen LogP contribution in [0.25, 0.3) is 0 Å². The predicted octanol–water partition coefficient (Wildman–Crippen LogP) is 1.60. The molecular formula is C13H28N2O. The van der Waals surface area contributed by atoms with Crippen LogP contribution in [0.2, 0.25) is 0 Å². The lowest BCUT2D eigenvalue weighted by atomic mass is 9.85. The lowest BCUT2D eigenvalue weighted by Crippen LogP contribution is -2.46. The molecule has 1 rings (SSSR count). The van der Waals surface area contributed by atoms with Crippen molar-refractivity contribution in [2.24, 2.45) is 11.7 Å². The van der Waals surface area contributed by atoms with Gasteiger partial charge in [-0.25, -0.2) is 0 Å². The molecule has 0 aromatic heterocycles. The first-order chi connectivity index (χ1) is 7.46. The lowest BCUT2D eigenvalue weighted by Gasteiger charge is -2.37. The summed E-state index contributed by atoms with van der Waals surface area (Å²) in [6, 6.07) is 0.711. The fraction of sp³-hybridized carbons (Fsp3) is 1.00. The Balaban J connectivity index is 2.36. The van der Waals surface area contributed by atoms with Gasteiger partial charge in [0.1, 0.15) is 0 Å². The molecule has 0 radical (unpaired) electrons. The highest BCUT2D eigenvalue weighted by Crippen LogP contribution is 2.27. The zero-order valence-corrected chi connectivity index (χ0v) is 11.1. The van der Waals surface area contributed by atoms with Gasteiger partial charge in [-0.05, 0) is 45.7 Å². The Labute approximate surface area is 100 Å². The lowest BCUT2D eigenvalue weighted by molar-refractivity contribution is 0.119. The van der Waals surface area contributed by atoms with Crippen molar-refractivity contribution in [3.05, 3.63) is 0 Å². The Kier molecular flexibility index (Phi) is 5.22. The molecule has 1 aliphatic rings. The van der Waals surface area contributed by atoms with Crippen molar-refractivity contribution in [2.75, 3.05) is 20.2 Å². The van der Waals surface area contributed by atoms with E-state index < -0.39 is 5.54 Å². The highest BCUT2D eigenvalue weighted by atomic mass is 16.3. The van der Waals surface area contributed by atoms with E-state index in [9.17, 15) is 0 Å². The van der Waals surface area contributed by atoms with Gasteiger partial charge < -0.3 is 15.7 Å². The molecule has 3 nitrogen and oxygen atoms in total. The second-order valence-electron chi connectivity index (χ2n) is 5.87. The Morgan fingerprint density at radius 2 is 2.00 bits per heavy atom. The standard InChI is InChI=1S/C13H28N2O/c1-11-6-4-5-7-12(11)15(3)9-8-13(2,14)10-16/h11-12,16H,4-10,14H2,1-3H3. The van der Waals surface area contributed by atoms with E-state index in [1.807, 2.05) is 6.92 Å². The first-order valence-electron chi connectivity index (χ1n) is 6.56. The quantitative estimate of drug-likeness (QED) is 0.751. The molecule has 0 spiro atoms. The van der Waals surface area contributed by atoms with E-state index in [-0.39, 0.29) is 6.61 Å². The summed E-state index contributed by atoms with van der Waals surface area (Å²) in [6.07, 6.45) is 6.28. The normalized spacial score (nSPS) is 30.4. The zero-order valence-electron chi connectivity index (χ0n) is 11.1. The molecule has 96 valence electrons. The van der Waals surface area contributed by atoms with Gasteiger partial charge in [0.25, 0.3) is 0 Å². The van der Waals surface area contributed by atoms with Crippen molar-refractivity contribution >= 4 is 0 Å². The maximum Gasteiger partial charge on any atom is 0.0608 e. The van der Waals surface area contributed by atoms with Crippen LogP contribution in [-0.2, 0) is 0 Å². The highest BCUT2D eigenvalue weighted by molar-refractivity contribution is 4.83. The van der Waals surface area contributed by atoms with Crippen LogP contribution >= 0.6 is 0 Å². The Morgan fingerprint density at radius 1 is 1.38 bits per heavy atom. The minimum atomic E-state index is -0.424. The topological polar surface area (TPSA) is 49.5 Å². The molecule has 0 amide bonds. The van der Waals surface area contributed by atoms with Crippen molar-refractivity contribution in [3.8, 4) is 0 Å². The Hall–Kier alpha value is -0.120. The smallest absolute Gasteiger partial charge is 0.0608 e. The fourth-order valence-corrected chi connectivity index (χ4v) is 2.63. The van der Waals surface area contributed by atoms with Crippen molar-refractivity contribution in [2.45, 2.75) is 57.5 Å². The largest absolute Gasteiger partial charge is 0.394 e. The number of hydrogen-bond donors (Lipinski definition) is 2. The zero-order chi connectivity index (χ0) is 12.2. The van der Waals surface area contributed by atoms with Gasteiger partial charge in [0.15, 0.2) is 0 Å². The maximum absolute atomic E-state index is 9.13. The maximum atomic E-state index is 9.13. The minimum Gasteiger partial charge on any atom is -0.394 e. The van der Waals surface area contributed by atoms with E-state index in [2.05, 4.69) is 18.9 Å². The van der Waals surface area contributed by atoms with Gasteiger partial charge in [-0.3, -0.25) is 0 Å². The second-order valence-corrected chi connectivity index (χ2v) is 5.87. The van der Waals surface area contributed by atoms with Crippen LogP contribution in [-0.4, -0.2) is 41.8 Å². The third kappa shape index (κ3) is 4.04. The molecule has 1 aliphatic carbocycles. The van der Waals surface area contributed by atoms with Crippen molar-refractivity contribution in [1.82, 2.24) is 4.90 Å². The molecule has 1 saturated carbocycles. The third-order valence-corrected chi connectivity index (χ3v) is 4.03. The molecule has 3 atom stereocenters. The second kappa shape index (κ2) is 5.99. The molecule has 3 N–H and O–H groups in total. The third-order valence-electron chi connectivity index (χ3n) is 4.03. The van der Waals surface area contributed by atoms with Gasteiger partial charge in [-0.2, -0.15) is 0 Å². The van der Waals surface area contributed by atoms with Crippen molar-refractivity contribution in [1.29, 1.82) is 0 Å². The van der Waals surface area contributed by atoms with E-state index in [0.717, 1.165) is 18.9 Å². The number of hydrogen-bond acceptors (Lipinski definition) is 3. The summed E-state index contributed by atoms with van der Waals surface area (Å²) in [5.74, 6) is 0.803. The average Bonchev–Trinajstić information content (AvgIpc) is 2.27. The van der Waals surface area contributed by atoms with E-state index in [0.29, 0.717) is 6.04 Å². The van der Waals surface area contributed by atoms with Crippen LogP contribution in [0, 0.1) is 5.92 Å². The summed E-state index contributed by atoms with van der Waals surface area (Å²) in [5, 5.41) is 9.13. The van der Waals surface area contributed by atoms with Crippen LogP contribution in [0.15, 0.2) is 0 Å². The van der Waals surface area contributed by atoms with Crippen LogP contribution < -0.4 is 5.73 Å². The van der Waals surface area contributed by atoms with E-state index >= 15 is 0 Å². The summed E-state index contributed by atoms with van der Waals surface area (Å²) in [5.41, 5.74) is 5.53. The van der Waals surface area contributed by atoms with E-state index in [1.165, 1.54) is 25.7 Å². The molecular weight excluding hydrogens is 200 g/mol. The van der Waals surface area contributed by atoms with Gasteiger partial charge in [-0.1, -0.05) is 19.8 Å². The monoisotopic (exact) mass is 228 g/mol. The summed E-state index contributed by atoms with van der Waals surface area (Å²) in [7, 11) is 2.19. The minimum absolute atomic E-state index is 0.0705. The van der Waals surface area contributed by atoms with Crippen LogP contribution in [0.5, 0.6) is 0 Å². The average molecular weight is 228 g/mol. The van der Waals surface area contributed by atoms with Crippen LogP contribution in [0.1, 0.15) is 46.0 Å². The predicted molar refractivity (Wildman–Crippen MR) is 68.3 cm³/mol. The fourth-order valence-electron chi connectivity index (χ4n) is 2.63. The number of nitrogens with zero attached hydrogens (tertiary/aromatic N) is 1. The van der Waals surface area contributed by atoms with Gasteiger partial charge in [0.2, 0.25) is 0 Å². The Morgan fingerprint density at radius 3 is 2.56 bits per heavy atom. The SMILES string of the molecule is CC1CCCCC1N(C)CCC(C)(N)CO. The molecule has 0 aliphatic heterocycles. The first kappa shape index (κ1) is 13.9. The molecule has 3 heteroatoms. The van der Waals surface area contributed by atoms with Gasteiger partial charge in [0, 0.05) is 11.6 Å². The highest BCUT2D eigenvalue weighted by Gasteiger charge is 2.26. The number of rotatable bonds is 5. The van der Waals surface area contributed by atoms with Gasteiger partial charge in [0.05, 0.1) is 6.61 Å². The Bertz CT molecular complexity index is 206. The molecule has 0 bridgehead atoms. The van der Waals surface area contributed by atoms with Crippen molar-refractivity contribution in [3.63, 3.8) is 0 Å². The molecule has 0 saturated heterocycles. The summed E-state index contributed by atoms with van der Waals surface area (Å²) < 4.78 is 0. The van der Waals surface area contributed by atoms with E-state index in [4.69, 9.17) is 10.8 Å². The van der Waals surface area contributed by atoms with Gasteiger partial charge in [-0.15, -0.1) is 0 Å². The van der Waals surface area contributed by atoms with Crippen molar-refractivity contribution < 1.29 is 5.11 Å². The van der Waals surface area contributed by atoms with Crippen LogP contribution in [0.3, 0.4) is 0 Å². The summed E-state index contributed by atoms with van der Waals surface area (Å²) in [6.45, 7) is 5.34. The molecule has 3 unspecified atom stereocenters. The van der Waals surface area contributed by atoms with Crippen LogP contribution in [0.4, 0.5) is 0 Å². The summed E-state index contributed by atoms with van der Waals surface area (Å²) >= 11 is 0. The summed E-state index contributed by atoms with van der Waals surface area (Å²) in [4.78, 5) is 2.44. The molecule has 0 heterocycles. The molecule has 0 aromatic carbocycles. The number of nitrogens with two attached hydrogens (primary N) is 1. The number of aliphatic hydroxyl groups excluding tert-OH is 1. The molecule has 1 fully saturated rings. The first-order valence-corrected chi connectivity index (χ1v) is 6.56. The molecule has 16 heavy (non-hydrogen) atoms. The number of aliphatic hydroxyl groups is 1.